The van der Waals surface area contributed by atoms with Gasteiger partial charge in [-0.15, -0.1) is 5.10 Å². The number of rotatable bonds is 9. The molecule has 2 atom stereocenters. The minimum Gasteiger partial charge on any atom is -0.330 e. The lowest BCUT2D eigenvalue weighted by atomic mass is 9.93. The number of nitrogens with zero attached hydrogens (tertiary/aromatic N) is 7. The largest absolute Gasteiger partial charge is 0.416 e. The average Bonchev–Trinajstić information content (AvgIpc) is 3.61. The van der Waals surface area contributed by atoms with Gasteiger partial charge in [-0.3, -0.25) is 9.80 Å². The van der Waals surface area contributed by atoms with Crippen LogP contribution in [0.5, 0.6) is 0 Å². The Kier molecular flexibility index (Phi) is 10.3. The van der Waals surface area contributed by atoms with Crippen LogP contribution in [0.1, 0.15) is 59.2 Å². The van der Waals surface area contributed by atoms with Crippen LogP contribution in [0.15, 0.2) is 36.4 Å². The molecule has 2 aliphatic heterocycles. The van der Waals surface area contributed by atoms with Crippen molar-refractivity contribution < 1.29 is 47.9 Å². The molecule has 0 saturated carbocycles. The lowest BCUT2D eigenvalue weighted by molar-refractivity contribution is -0.143. The third-order valence-corrected chi connectivity index (χ3v) is 10.6. The molecule has 270 valence electrons. The molecule has 0 radical (unpaired) electrons. The molecule has 0 aliphatic carbocycles. The van der Waals surface area contributed by atoms with Crippen LogP contribution in [0.4, 0.5) is 45.5 Å². The number of aryl methyl sites for hydroxylation is 1. The van der Waals surface area contributed by atoms with Gasteiger partial charge in [0.2, 0.25) is 0 Å². The third-order valence-electron chi connectivity index (χ3n) is 8.89. The number of halogens is 9. The zero-order chi connectivity index (χ0) is 35.9. The predicted molar refractivity (Wildman–Crippen MR) is 160 cm³/mol. The van der Waals surface area contributed by atoms with Crippen molar-refractivity contribution in [2.75, 3.05) is 42.6 Å². The monoisotopic (exact) mass is 727 g/mol. The molecule has 0 bridgehead atoms. The number of benzene rings is 2. The number of anilines is 1. The van der Waals surface area contributed by atoms with Gasteiger partial charge in [0.15, 0.2) is 9.84 Å². The van der Waals surface area contributed by atoms with E-state index in [4.69, 9.17) is 0 Å². The fraction of sp³-hybridized carbons (Fsp3) is 0.567. The molecular weight excluding hydrogens is 693 g/mol. The van der Waals surface area contributed by atoms with Crippen LogP contribution in [0.3, 0.4) is 0 Å². The van der Waals surface area contributed by atoms with Gasteiger partial charge in [0, 0.05) is 51.4 Å². The predicted octanol–water partition coefficient (Wildman–Crippen LogP) is 5.73. The Morgan fingerprint density at radius 3 is 1.96 bits per heavy atom. The first-order valence-electron chi connectivity index (χ1n) is 15.4. The molecule has 3 aromatic rings. The lowest BCUT2D eigenvalue weighted by Crippen LogP contribution is -2.51. The lowest BCUT2D eigenvalue weighted by Gasteiger charge is -2.42. The molecule has 49 heavy (non-hydrogen) atoms. The van der Waals surface area contributed by atoms with Gasteiger partial charge >= 0.3 is 18.5 Å². The Morgan fingerprint density at radius 2 is 1.47 bits per heavy atom. The Morgan fingerprint density at radius 1 is 0.857 bits per heavy atom. The van der Waals surface area contributed by atoms with Crippen LogP contribution in [-0.4, -0.2) is 82.2 Å². The normalized spacial score (nSPS) is 20.1. The van der Waals surface area contributed by atoms with E-state index in [9.17, 15) is 47.9 Å². The van der Waals surface area contributed by atoms with E-state index in [1.165, 1.54) is 18.0 Å². The zero-order valence-corrected chi connectivity index (χ0v) is 27.3. The van der Waals surface area contributed by atoms with Crippen LogP contribution in [0.2, 0.25) is 0 Å². The summed E-state index contributed by atoms with van der Waals surface area (Å²) in [4.78, 5) is 6.38. The number of piperazine rings is 1. The van der Waals surface area contributed by atoms with Gasteiger partial charge in [0.25, 0.3) is 5.95 Å². The SMILES string of the molecule is CCC(c1ccc(C(F)(F)F)cc1CN(Cc1cc(C(F)(F)F)cc(C(F)(F)F)c1)c1nnn(C)n1)N1CCN(C2CCS(=O)(=O)C2)CC1. The van der Waals surface area contributed by atoms with Gasteiger partial charge in [-0.1, -0.05) is 18.1 Å². The smallest absolute Gasteiger partial charge is 0.330 e. The van der Waals surface area contributed by atoms with Crippen LogP contribution >= 0.6 is 0 Å². The van der Waals surface area contributed by atoms with E-state index in [0.29, 0.717) is 56.7 Å². The van der Waals surface area contributed by atoms with Gasteiger partial charge in [-0.2, -0.15) is 44.3 Å². The van der Waals surface area contributed by atoms with Gasteiger partial charge in [0.05, 0.1) is 35.2 Å². The second-order valence-electron chi connectivity index (χ2n) is 12.3. The summed E-state index contributed by atoms with van der Waals surface area (Å²) in [5, 5.41) is 11.6. The van der Waals surface area contributed by atoms with Crippen molar-refractivity contribution in [1.82, 2.24) is 30.0 Å². The molecule has 0 N–H and O–H groups in total. The molecule has 9 nitrogen and oxygen atoms in total. The fourth-order valence-electron chi connectivity index (χ4n) is 6.53. The molecule has 1 aromatic heterocycles. The molecule has 0 amide bonds. The molecule has 2 aromatic carbocycles. The number of hydrogen-bond acceptors (Lipinski definition) is 8. The first-order chi connectivity index (χ1) is 22.7. The minimum absolute atomic E-state index is 0.00342. The van der Waals surface area contributed by atoms with Gasteiger partial charge in [-0.05, 0) is 65.1 Å². The van der Waals surface area contributed by atoms with E-state index in [-0.39, 0.29) is 35.1 Å². The first kappa shape index (κ1) is 36.8. The van der Waals surface area contributed by atoms with E-state index in [2.05, 4.69) is 25.2 Å². The minimum atomic E-state index is -5.11. The maximum absolute atomic E-state index is 14.0. The van der Waals surface area contributed by atoms with Crippen LogP contribution in [0, 0.1) is 0 Å². The molecule has 2 saturated heterocycles. The summed E-state index contributed by atoms with van der Waals surface area (Å²) in [5.41, 5.74) is -3.86. The molecule has 2 unspecified atom stereocenters. The van der Waals surface area contributed by atoms with Crippen molar-refractivity contribution in [2.24, 2.45) is 7.05 Å². The van der Waals surface area contributed by atoms with Crippen molar-refractivity contribution in [1.29, 1.82) is 0 Å². The Hall–Kier alpha value is -3.45. The van der Waals surface area contributed by atoms with E-state index < -0.39 is 69.8 Å². The highest BCUT2D eigenvalue weighted by Crippen LogP contribution is 2.38. The number of alkyl halides is 9. The summed E-state index contributed by atoms with van der Waals surface area (Å²) in [6.45, 7) is 2.90. The number of sulfone groups is 1. The van der Waals surface area contributed by atoms with Crippen molar-refractivity contribution >= 4 is 15.8 Å². The summed E-state index contributed by atoms with van der Waals surface area (Å²) in [5.74, 6) is -0.0138. The molecular formula is C30H34F9N7O2S. The van der Waals surface area contributed by atoms with E-state index in [1.807, 2.05) is 6.92 Å². The van der Waals surface area contributed by atoms with Gasteiger partial charge in [-0.25, -0.2) is 8.42 Å². The molecule has 2 aliphatic rings. The fourth-order valence-corrected chi connectivity index (χ4v) is 8.29. The van der Waals surface area contributed by atoms with Crippen molar-refractivity contribution in [3.63, 3.8) is 0 Å². The zero-order valence-electron chi connectivity index (χ0n) is 26.4. The Balaban J connectivity index is 1.50. The summed E-state index contributed by atoms with van der Waals surface area (Å²) < 4.78 is 148. The molecule has 3 heterocycles. The highest BCUT2D eigenvalue weighted by molar-refractivity contribution is 7.91. The van der Waals surface area contributed by atoms with Crippen molar-refractivity contribution in [3.8, 4) is 0 Å². The average molecular weight is 728 g/mol. The quantitative estimate of drug-likeness (QED) is 0.259. The second kappa shape index (κ2) is 13.7. The second-order valence-corrected chi connectivity index (χ2v) is 14.5. The summed E-state index contributed by atoms with van der Waals surface area (Å²) in [7, 11) is -1.72. The number of hydrogen-bond donors (Lipinski definition) is 0. The molecule has 19 heteroatoms. The highest BCUT2D eigenvalue weighted by atomic mass is 32.2. The number of aromatic nitrogens is 4. The topological polar surface area (TPSA) is 87.5 Å². The maximum Gasteiger partial charge on any atom is 0.416 e. The van der Waals surface area contributed by atoms with Gasteiger partial charge < -0.3 is 4.90 Å². The summed E-state index contributed by atoms with van der Waals surface area (Å²) in [6.07, 6.45) is -14.0. The molecule has 5 rings (SSSR count). The van der Waals surface area contributed by atoms with E-state index >= 15 is 0 Å². The Bertz CT molecular complexity index is 1700. The van der Waals surface area contributed by atoms with Crippen molar-refractivity contribution in [3.05, 3.63) is 69.8 Å². The third kappa shape index (κ3) is 8.83. The molecule has 0 spiro atoms. The van der Waals surface area contributed by atoms with E-state index in [1.54, 1.807) is 0 Å². The standard InChI is InChI=1S/C30H34F9N7O2S/c1-3-26(45-9-7-44(8-10-45)24-6-11-49(47,48)18-24)25-5-4-21(28(31,32)33)14-20(25)17-46(27-40-42-43(2)41-27)16-19-12-22(29(34,35)36)15-23(13-19)30(37,38)39/h4-5,12-15,24,26H,3,6-11,16-18H2,1-2H3. The van der Waals surface area contributed by atoms with E-state index in [0.717, 1.165) is 16.9 Å². The van der Waals surface area contributed by atoms with Crippen molar-refractivity contribution in [2.45, 2.75) is 63.5 Å². The van der Waals surface area contributed by atoms with Crippen LogP contribution in [-0.2, 0) is 48.5 Å². The molecule has 2 fully saturated rings. The summed E-state index contributed by atoms with van der Waals surface area (Å²) in [6, 6.07) is 3.80. The van der Waals surface area contributed by atoms with Gasteiger partial charge in [0.1, 0.15) is 0 Å². The summed E-state index contributed by atoms with van der Waals surface area (Å²) >= 11 is 0. The first-order valence-corrected chi connectivity index (χ1v) is 17.2. The van der Waals surface area contributed by atoms with Crippen LogP contribution in [0.25, 0.3) is 0 Å². The Labute approximate surface area is 276 Å². The maximum atomic E-state index is 14.0. The highest BCUT2D eigenvalue weighted by Gasteiger charge is 2.39. The van der Waals surface area contributed by atoms with Crippen LogP contribution < -0.4 is 4.90 Å². The number of tetrazole rings is 1.